The van der Waals surface area contributed by atoms with Crippen molar-refractivity contribution in [2.24, 2.45) is 0 Å². The minimum atomic E-state index is -1.76. The number of hydrogen-bond donors (Lipinski definition) is 3. The molecule has 0 unspecified atom stereocenters. The monoisotopic (exact) mass is 373 g/mol. The molecule has 0 amide bonds. The molecule has 27 heavy (non-hydrogen) atoms. The van der Waals surface area contributed by atoms with Gasteiger partial charge in [0, 0.05) is 11.4 Å². The highest BCUT2D eigenvalue weighted by atomic mass is 16.5. The Morgan fingerprint density at radius 3 is 1.93 bits per heavy atom. The van der Waals surface area contributed by atoms with Crippen LogP contribution in [0.4, 0.5) is 0 Å². The Balaban J connectivity index is 2.73. The second kappa shape index (κ2) is 8.88. The Bertz CT molecular complexity index is 759. The third-order valence-corrected chi connectivity index (χ3v) is 4.34. The quantitative estimate of drug-likeness (QED) is 0.499. The number of carbonyl (C=O) groups excluding carboxylic acids is 2. The van der Waals surface area contributed by atoms with Gasteiger partial charge in [-0.2, -0.15) is 0 Å². The molecule has 1 heterocycles. The molecule has 0 saturated carbocycles. The molecule has 1 aromatic carbocycles. The van der Waals surface area contributed by atoms with Crippen molar-refractivity contribution in [1.29, 1.82) is 0 Å². The van der Waals surface area contributed by atoms with Crippen LogP contribution in [0.25, 0.3) is 0 Å². The molecule has 8 heteroatoms. The Hall–Kier alpha value is -2.58. The van der Waals surface area contributed by atoms with Gasteiger partial charge in [-0.15, -0.1) is 0 Å². The molecular formula is C19H24BNO6. The van der Waals surface area contributed by atoms with E-state index in [9.17, 15) is 19.6 Å². The van der Waals surface area contributed by atoms with E-state index in [4.69, 9.17) is 9.47 Å². The maximum atomic E-state index is 12.7. The highest BCUT2D eigenvalue weighted by Gasteiger charge is 2.39. The molecule has 1 aliphatic heterocycles. The number of rotatable bonds is 6. The molecular weight excluding hydrogens is 349 g/mol. The van der Waals surface area contributed by atoms with Crippen LogP contribution in [0.5, 0.6) is 0 Å². The predicted octanol–water partition coefficient (Wildman–Crippen LogP) is 0.727. The molecule has 2 rings (SSSR count). The van der Waals surface area contributed by atoms with Crippen molar-refractivity contribution in [2.45, 2.75) is 33.6 Å². The topological polar surface area (TPSA) is 105 Å². The summed E-state index contributed by atoms with van der Waals surface area (Å²) in [5, 5.41) is 22.6. The maximum absolute atomic E-state index is 12.7. The highest BCUT2D eigenvalue weighted by molar-refractivity contribution is 6.59. The van der Waals surface area contributed by atoms with Gasteiger partial charge in [0.15, 0.2) is 0 Å². The van der Waals surface area contributed by atoms with Gasteiger partial charge in [0.1, 0.15) is 0 Å². The van der Waals surface area contributed by atoms with E-state index in [1.54, 1.807) is 45.9 Å². The van der Waals surface area contributed by atoms with Crippen molar-refractivity contribution in [2.75, 3.05) is 13.2 Å². The van der Waals surface area contributed by atoms with Crippen molar-refractivity contribution in [3.05, 3.63) is 52.4 Å². The SMILES string of the molecule is CCOC(=O)C1=C(C)NC(C)=C(C(=O)OCC)C1c1ccccc1B(O)O. The Morgan fingerprint density at radius 1 is 1.00 bits per heavy atom. The van der Waals surface area contributed by atoms with Crippen molar-refractivity contribution < 1.29 is 29.1 Å². The van der Waals surface area contributed by atoms with Crippen LogP contribution >= 0.6 is 0 Å². The van der Waals surface area contributed by atoms with Crippen LogP contribution in [0.3, 0.4) is 0 Å². The van der Waals surface area contributed by atoms with Crippen LogP contribution in [0.15, 0.2) is 46.8 Å². The number of benzene rings is 1. The van der Waals surface area contributed by atoms with Crippen molar-refractivity contribution in [1.82, 2.24) is 5.32 Å². The molecule has 0 saturated heterocycles. The van der Waals surface area contributed by atoms with E-state index >= 15 is 0 Å². The molecule has 7 nitrogen and oxygen atoms in total. The summed E-state index contributed by atoms with van der Waals surface area (Å²) in [4.78, 5) is 25.4. The smallest absolute Gasteiger partial charge is 0.463 e. The minimum Gasteiger partial charge on any atom is -0.463 e. The summed E-state index contributed by atoms with van der Waals surface area (Å²) in [5.74, 6) is -2.00. The lowest BCUT2D eigenvalue weighted by molar-refractivity contribution is -0.139. The number of dihydropyridines is 1. The summed E-state index contributed by atoms with van der Waals surface area (Å²) in [6, 6.07) is 6.56. The largest absolute Gasteiger partial charge is 0.488 e. The van der Waals surface area contributed by atoms with Gasteiger partial charge in [-0.25, -0.2) is 9.59 Å². The highest BCUT2D eigenvalue weighted by Crippen LogP contribution is 2.38. The van der Waals surface area contributed by atoms with Crippen LogP contribution in [-0.2, 0) is 19.1 Å². The van der Waals surface area contributed by atoms with E-state index in [-0.39, 0.29) is 29.8 Å². The lowest BCUT2D eigenvalue weighted by atomic mass is 9.69. The van der Waals surface area contributed by atoms with Crippen molar-refractivity contribution >= 4 is 24.5 Å². The number of carbonyl (C=O) groups is 2. The summed E-state index contributed by atoms with van der Waals surface area (Å²) in [5.41, 5.74) is 2.17. The fraction of sp³-hybridized carbons (Fsp3) is 0.368. The van der Waals surface area contributed by atoms with E-state index in [1.165, 1.54) is 6.07 Å². The summed E-state index contributed by atoms with van der Waals surface area (Å²) in [6.45, 7) is 7.15. The zero-order chi connectivity index (χ0) is 20.1. The fourth-order valence-corrected chi connectivity index (χ4v) is 3.27. The van der Waals surface area contributed by atoms with Gasteiger partial charge in [-0.05, 0) is 38.7 Å². The standard InChI is InChI=1S/C19H24BNO6/c1-5-26-18(22)15-11(3)21-12(4)16(19(23)27-6-2)17(15)13-9-7-8-10-14(13)20(24)25/h7-10,17,21,24-25H,5-6H2,1-4H3. The average Bonchev–Trinajstić information content (AvgIpc) is 2.61. The fourth-order valence-electron chi connectivity index (χ4n) is 3.27. The van der Waals surface area contributed by atoms with Gasteiger partial charge in [-0.3, -0.25) is 0 Å². The number of allylic oxidation sites excluding steroid dienone is 2. The van der Waals surface area contributed by atoms with Gasteiger partial charge < -0.3 is 24.8 Å². The summed E-state index contributed by atoms with van der Waals surface area (Å²) < 4.78 is 10.4. The molecule has 1 aromatic rings. The van der Waals surface area contributed by atoms with Crippen LogP contribution in [0.2, 0.25) is 0 Å². The average molecular weight is 373 g/mol. The van der Waals surface area contributed by atoms with E-state index < -0.39 is 25.0 Å². The molecule has 0 spiro atoms. The summed E-state index contributed by atoms with van der Waals surface area (Å²) in [6.07, 6.45) is 0. The van der Waals surface area contributed by atoms with Gasteiger partial charge in [0.25, 0.3) is 0 Å². The Kier molecular flexibility index (Phi) is 6.82. The number of ether oxygens (including phenoxy) is 2. The third kappa shape index (κ3) is 4.23. The van der Waals surface area contributed by atoms with E-state index in [0.717, 1.165) is 0 Å². The van der Waals surface area contributed by atoms with Crippen molar-refractivity contribution in [3.8, 4) is 0 Å². The first kappa shape index (κ1) is 20.7. The lowest BCUT2D eigenvalue weighted by Gasteiger charge is -2.31. The zero-order valence-corrected chi connectivity index (χ0v) is 15.9. The number of hydrogen-bond acceptors (Lipinski definition) is 7. The second-order valence-corrected chi connectivity index (χ2v) is 6.08. The number of nitrogens with one attached hydrogen (secondary N) is 1. The third-order valence-electron chi connectivity index (χ3n) is 4.34. The Labute approximate surface area is 158 Å². The van der Waals surface area contributed by atoms with Gasteiger partial charge in [-0.1, -0.05) is 24.3 Å². The van der Waals surface area contributed by atoms with Gasteiger partial charge >= 0.3 is 19.1 Å². The van der Waals surface area contributed by atoms with Crippen molar-refractivity contribution in [3.63, 3.8) is 0 Å². The Morgan fingerprint density at radius 2 is 1.48 bits per heavy atom. The maximum Gasteiger partial charge on any atom is 0.488 e. The van der Waals surface area contributed by atoms with E-state index in [2.05, 4.69) is 5.32 Å². The van der Waals surface area contributed by atoms with Gasteiger partial charge in [0.2, 0.25) is 0 Å². The first-order valence-electron chi connectivity index (χ1n) is 8.81. The number of esters is 2. The predicted molar refractivity (Wildman–Crippen MR) is 101 cm³/mol. The second-order valence-electron chi connectivity index (χ2n) is 6.08. The first-order valence-corrected chi connectivity index (χ1v) is 8.81. The molecule has 0 aliphatic carbocycles. The molecule has 0 aromatic heterocycles. The van der Waals surface area contributed by atoms with E-state index in [0.29, 0.717) is 17.0 Å². The molecule has 3 N–H and O–H groups in total. The minimum absolute atomic E-state index is 0.171. The van der Waals surface area contributed by atoms with E-state index in [1.807, 2.05) is 0 Å². The van der Waals surface area contributed by atoms with Crippen LogP contribution in [0, 0.1) is 0 Å². The molecule has 0 bridgehead atoms. The van der Waals surface area contributed by atoms with Crippen LogP contribution < -0.4 is 10.8 Å². The first-order chi connectivity index (χ1) is 12.8. The lowest BCUT2D eigenvalue weighted by Crippen LogP contribution is -2.39. The van der Waals surface area contributed by atoms with Gasteiger partial charge in [0.05, 0.1) is 30.3 Å². The molecule has 0 fully saturated rings. The molecule has 0 atom stereocenters. The van der Waals surface area contributed by atoms with Crippen LogP contribution in [0.1, 0.15) is 39.2 Å². The normalized spacial score (nSPS) is 14.7. The molecule has 0 radical (unpaired) electrons. The molecule has 144 valence electrons. The molecule has 1 aliphatic rings. The zero-order valence-electron chi connectivity index (χ0n) is 15.9. The summed E-state index contributed by atoms with van der Waals surface area (Å²) in [7, 11) is -1.76. The van der Waals surface area contributed by atoms with Crippen LogP contribution in [-0.4, -0.2) is 42.3 Å². The summed E-state index contributed by atoms with van der Waals surface area (Å²) >= 11 is 0.